The van der Waals surface area contributed by atoms with Gasteiger partial charge in [0.15, 0.2) is 0 Å². The highest BCUT2D eigenvalue weighted by Crippen LogP contribution is 2.46. The van der Waals surface area contributed by atoms with Crippen LogP contribution in [0.15, 0.2) is 66.7 Å². The van der Waals surface area contributed by atoms with Crippen molar-refractivity contribution in [2.24, 2.45) is 11.8 Å². The fraction of sp³-hybridized carbons (Fsp3) is 0.512. The van der Waals surface area contributed by atoms with Crippen LogP contribution in [0.4, 0.5) is 0 Å². The number of methoxy groups -OCH3 is 1. The number of hydrogen-bond acceptors (Lipinski definition) is 9. The largest absolute Gasteiger partial charge is 0.497 e. The molecular formula is C43H53N5O8S. The summed E-state index contributed by atoms with van der Waals surface area (Å²) in [6.07, 6.45) is 8.00. The Kier molecular flexibility index (Phi) is 11.4. The topological polar surface area (TPSA) is 173 Å². The fourth-order valence-electron chi connectivity index (χ4n) is 8.01. The van der Waals surface area contributed by atoms with Crippen LogP contribution in [0, 0.1) is 11.8 Å². The molecule has 2 saturated carbocycles. The lowest BCUT2D eigenvalue weighted by Gasteiger charge is -2.30. The first-order valence-corrected chi connectivity index (χ1v) is 21.6. The van der Waals surface area contributed by atoms with E-state index < -0.39 is 62.1 Å². The SMILES string of the molecule is COc1ccc2c(O[C@@H]3C[C@H]4C(=O)N[C@]5(C(=O)NS(=O)(=O)C6CC6)C[C@@H]5/C=C\CCCCC[C@@H](CC(=O)NC(C)(C)C)C(=O)N4C3)cc(-c3ccccc3)nc2c1. The molecule has 1 saturated heterocycles. The maximum absolute atomic E-state index is 14.7. The summed E-state index contributed by atoms with van der Waals surface area (Å²) >= 11 is 0. The van der Waals surface area contributed by atoms with Crippen LogP contribution in [0.3, 0.4) is 0 Å². The molecule has 3 aromatic rings. The Morgan fingerprint density at radius 2 is 1.79 bits per heavy atom. The minimum absolute atomic E-state index is 0.0446. The number of hydrogen-bond donors (Lipinski definition) is 3. The number of fused-ring (bicyclic) bond motifs is 3. The molecule has 4 amide bonds. The number of rotatable bonds is 9. The van der Waals surface area contributed by atoms with Crippen molar-refractivity contribution < 1.29 is 37.1 Å². The smallest absolute Gasteiger partial charge is 0.259 e. The number of amides is 4. The van der Waals surface area contributed by atoms with Crippen LogP contribution in [0.1, 0.15) is 85.0 Å². The summed E-state index contributed by atoms with van der Waals surface area (Å²) in [5.41, 5.74) is 0.191. The van der Waals surface area contributed by atoms with Crippen LogP contribution in [-0.2, 0) is 29.2 Å². The molecule has 5 atom stereocenters. The standard InChI is InChI=1S/C43H53N5O8S/c1-42(2,3)45-38(49)21-28-15-9-6-5-7-12-16-29-25-43(29,41(52)47-57(53,54)32-18-19-32)46-39(50)36-23-31(26-48(36)40(28)51)56-37-24-34(27-13-10-8-11-14-27)44-35-22-30(55-4)17-20-33(35)37/h8,10-14,16-17,20,22,24,28-29,31-32,36H,5-7,9,15,18-19,21,23,25-26H2,1-4H3,(H,45,49)(H,46,50)(H,47,52)/b16-12-/t28-,29-,31+,36-,43+/m0/s1. The second-order valence-electron chi connectivity index (χ2n) is 16.9. The zero-order chi connectivity index (χ0) is 40.5. The molecule has 14 heteroatoms. The molecule has 3 fully saturated rings. The molecule has 3 heterocycles. The third kappa shape index (κ3) is 9.27. The summed E-state index contributed by atoms with van der Waals surface area (Å²) in [4.78, 5) is 62.8. The number of ether oxygens (including phenoxy) is 2. The maximum Gasteiger partial charge on any atom is 0.259 e. The van der Waals surface area contributed by atoms with E-state index in [-0.39, 0.29) is 37.6 Å². The Bertz CT molecular complexity index is 2170. The Morgan fingerprint density at radius 3 is 2.51 bits per heavy atom. The van der Waals surface area contributed by atoms with Gasteiger partial charge in [0.2, 0.25) is 27.7 Å². The van der Waals surface area contributed by atoms with E-state index >= 15 is 0 Å². The highest BCUT2D eigenvalue weighted by molar-refractivity contribution is 7.91. The Hall–Kier alpha value is -4.98. The first kappa shape index (κ1) is 40.2. The van der Waals surface area contributed by atoms with Crippen molar-refractivity contribution in [1.29, 1.82) is 0 Å². The predicted molar refractivity (Wildman–Crippen MR) is 216 cm³/mol. The number of carbonyl (C=O) groups excluding carboxylic acids is 4. The van der Waals surface area contributed by atoms with Crippen molar-refractivity contribution in [3.05, 3.63) is 66.7 Å². The average Bonchev–Trinajstić information content (AvgIpc) is 4.09. The van der Waals surface area contributed by atoms with E-state index in [1.54, 1.807) is 7.11 Å². The zero-order valence-electron chi connectivity index (χ0n) is 33.1. The fourth-order valence-corrected chi connectivity index (χ4v) is 9.37. The Morgan fingerprint density at radius 1 is 1.02 bits per heavy atom. The lowest BCUT2D eigenvalue weighted by Crippen LogP contribution is -2.57. The van der Waals surface area contributed by atoms with Gasteiger partial charge in [0, 0.05) is 53.3 Å². The Labute approximate surface area is 334 Å². The van der Waals surface area contributed by atoms with Crippen molar-refractivity contribution in [3.8, 4) is 22.8 Å². The average molecular weight is 800 g/mol. The van der Waals surface area contributed by atoms with E-state index in [9.17, 15) is 27.6 Å². The Balaban J connectivity index is 1.23. The lowest BCUT2D eigenvalue weighted by atomic mass is 9.94. The van der Waals surface area contributed by atoms with Gasteiger partial charge in [0.1, 0.15) is 29.2 Å². The number of carbonyl (C=O) groups is 4. The number of nitrogens with one attached hydrogen (secondary N) is 3. The summed E-state index contributed by atoms with van der Waals surface area (Å²) < 4.78 is 40.3. The molecule has 57 heavy (non-hydrogen) atoms. The molecule has 1 aromatic heterocycles. The number of pyridine rings is 1. The minimum Gasteiger partial charge on any atom is -0.497 e. The summed E-state index contributed by atoms with van der Waals surface area (Å²) in [7, 11) is -2.30. The summed E-state index contributed by atoms with van der Waals surface area (Å²) in [6, 6.07) is 16.0. The van der Waals surface area contributed by atoms with Gasteiger partial charge in [-0.1, -0.05) is 55.3 Å². The molecule has 13 nitrogen and oxygen atoms in total. The van der Waals surface area contributed by atoms with E-state index in [0.29, 0.717) is 53.8 Å². The van der Waals surface area contributed by atoms with Crippen molar-refractivity contribution >= 4 is 44.6 Å². The molecule has 0 bridgehead atoms. The van der Waals surface area contributed by atoms with Crippen LogP contribution < -0.4 is 24.8 Å². The molecule has 7 rings (SSSR count). The molecule has 4 aliphatic rings. The third-order valence-electron chi connectivity index (χ3n) is 11.2. The number of allylic oxidation sites excluding steroid dienone is 1. The molecule has 304 valence electrons. The monoisotopic (exact) mass is 799 g/mol. The molecule has 0 spiro atoms. The van der Waals surface area contributed by atoms with Crippen LogP contribution in [-0.4, -0.2) is 84.1 Å². The molecule has 0 unspecified atom stereocenters. The van der Waals surface area contributed by atoms with Gasteiger partial charge in [-0.2, -0.15) is 0 Å². The van der Waals surface area contributed by atoms with E-state index in [0.717, 1.165) is 24.8 Å². The minimum atomic E-state index is -3.89. The first-order chi connectivity index (χ1) is 27.2. The number of benzene rings is 2. The second-order valence-corrected chi connectivity index (χ2v) is 18.9. The van der Waals surface area contributed by atoms with Gasteiger partial charge in [-0.25, -0.2) is 13.4 Å². The van der Waals surface area contributed by atoms with Crippen LogP contribution in [0.25, 0.3) is 22.2 Å². The molecular weight excluding hydrogens is 747 g/mol. The van der Waals surface area contributed by atoms with Crippen molar-refractivity contribution in [1.82, 2.24) is 25.2 Å². The van der Waals surface area contributed by atoms with Gasteiger partial charge in [0.25, 0.3) is 5.91 Å². The predicted octanol–water partition coefficient (Wildman–Crippen LogP) is 5.18. The van der Waals surface area contributed by atoms with Crippen LogP contribution >= 0.6 is 0 Å². The molecule has 0 radical (unpaired) electrons. The van der Waals surface area contributed by atoms with E-state index in [4.69, 9.17) is 14.5 Å². The maximum atomic E-state index is 14.7. The summed E-state index contributed by atoms with van der Waals surface area (Å²) in [5, 5.41) is 6.01. The quantitative estimate of drug-likeness (QED) is 0.247. The molecule has 2 aliphatic heterocycles. The van der Waals surface area contributed by atoms with Gasteiger partial charge in [0.05, 0.1) is 30.1 Å². The van der Waals surface area contributed by atoms with Gasteiger partial charge >= 0.3 is 0 Å². The normalized spacial score (nSPS) is 26.2. The van der Waals surface area contributed by atoms with Crippen LogP contribution in [0.2, 0.25) is 0 Å². The van der Waals surface area contributed by atoms with E-state index in [2.05, 4.69) is 15.4 Å². The zero-order valence-corrected chi connectivity index (χ0v) is 33.9. The van der Waals surface area contributed by atoms with E-state index in [1.807, 2.05) is 87.5 Å². The van der Waals surface area contributed by atoms with Gasteiger partial charge in [-0.05, 0) is 71.4 Å². The molecule has 2 aliphatic carbocycles. The first-order valence-electron chi connectivity index (χ1n) is 20.0. The van der Waals surface area contributed by atoms with Crippen molar-refractivity contribution in [2.75, 3.05) is 13.7 Å². The number of nitrogens with zero attached hydrogens (tertiary/aromatic N) is 2. The third-order valence-corrected chi connectivity index (χ3v) is 13.1. The molecule has 2 aromatic carbocycles. The summed E-state index contributed by atoms with van der Waals surface area (Å²) in [6.45, 7) is 5.70. The van der Waals surface area contributed by atoms with Gasteiger partial charge in [-0.15, -0.1) is 0 Å². The lowest BCUT2D eigenvalue weighted by molar-refractivity contribution is -0.144. The number of aromatic nitrogens is 1. The van der Waals surface area contributed by atoms with Crippen molar-refractivity contribution in [3.63, 3.8) is 0 Å². The van der Waals surface area contributed by atoms with Gasteiger partial charge in [-0.3, -0.25) is 23.9 Å². The van der Waals surface area contributed by atoms with Crippen molar-refractivity contribution in [2.45, 2.75) is 113 Å². The highest BCUT2D eigenvalue weighted by atomic mass is 32.2. The van der Waals surface area contributed by atoms with Crippen LogP contribution in [0.5, 0.6) is 11.5 Å². The summed E-state index contributed by atoms with van der Waals surface area (Å²) in [5.74, 6) is -1.92. The van der Waals surface area contributed by atoms with Gasteiger partial charge < -0.3 is 25.0 Å². The number of sulfonamides is 1. The van der Waals surface area contributed by atoms with E-state index in [1.165, 1.54) is 4.90 Å². The molecule has 3 N–H and O–H groups in total. The highest BCUT2D eigenvalue weighted by Gasteiger charge is 2.62. The second kappa shape index (κ2) is 16.1.